The zero-order valence-electron chi connectivity index (χ0n) is 32.1. The van der Waals surface area contributed by atoms with Crippen LogP contribution in [-0.4, -0.2) is 90.4 Å². The van der Waals surface area contributed by atoms with Gasteiger partial charge in [-0.1, -0.05) is 32.9 Å². The molecular weight excluding hydrogens is 656 g/mol. The first kappa shape index (κ1) is 39.1. The monoisotopic (exact) mass is 714 g/mol. The first-order chi connectivity index (χ1) is 24.9. The summed E-state index contributed by atoms with van der Waals surface area (Å²) in [6.45, 7) is 24.4. The average molecular weight is 715 g/mol. The van der Waals surface area contributed by atoms with E-state index in [9.17, 15) is 5.11 Å². The SMILES string of the molecule is C=CCN(C(=O)C1N([C@@H](CO)CC(C)C)C(=O)[C@@H]2[C@H](C(=O)N(CC=C)c3ccc(OCC)cc3)[C@@]3(C)OC12CC3C)c1ccc(N(CC)CC)cc1. The van der Waals surface area contributed by atoms with Crippen LogP contribution in [0.4, 0.5) is 17.1 Å². The molecular formula is C42H58N4O6. The number of amides is 3. The lowest BCUT2D eigenvalue weighted by atomic mass is 9.62. The third-order valence-corrected chi connectivity index (χ3v) is 11.5. The maximum atomic E-state index is 15.3. The zero-order chi connectivity index (χ0) is 38.0. The van der Waals surface area contributed by atoms with Crippen molar-refractivity contribution in [2.75, 3.05) is 54.1 Å². The maximum Gasteiger partial charge on any atom is 0.253 e. The Morgan fingerprint density at radius 3 is 2.00 bits per heavy atom. The summed E-state index contributed by atoms with van der Waals surface area (Å²) in [5.41, 5.74) is 0.0607. The van der Waals surface area contributed by atoms with Crippen molar-refractivity contribution >= 4 is 34.8 Å². The van der Waals surface area contributed by atoms with Crippen LogP contribution in [-0.2, 0) is 19.1 Å². The minimum absolute atomic E-state index is 0.129. The van der Waals surface area contributed by atoms with Gasteiger partial charge in [-0.3, -0.25) is 14.4 Å². The molecule has 3 amide bonds. The highest BCUT2D eigenvalue weighted by Crippen LogP contribution is 2.66. The highest BCUT2D eigenvalue weighted by molar-refractivity contribution is 6.07. The molecule has 0 saturated carbocycles. The predicted octanol–water partition coefficient (Wildman–Crippen LogP) is 6.09. The van der Waals surface area contributed by atoms with Crippen LogP contribution in [0, 0.1) is 23.7 Å². The fourth-order valence-corrected chi connectivity index (χ4v) is 9.09. The first-order valence-electron chi connectivity index (χ1n) is 18.9. The molecule has 1 spiro atoms. The van der Waals surface area contributed by atoms with Gasteiger partial charge in [-0.2, -0.15) is 0 Å². The van der Waals surface area contributed by atoms with E-state index >= 15 is 14.4 Å². The number of aliphatic hydroxyl groups excluding tert-OH is 1. The van der Waals surface area contributed by atoms with Crippen molar-refractivity contribution in [1.82, 2.24) is 4.90 Å². The standard InChI is InChI=1S/C42H58N4O6/c1-10-23-44(32-19-21-34(22-20-32)51-14-5)38(48)35-36-39(49)46(33(27-47)25-28(6)7)37(42(36)26-29(8)41(35,9)52-42)40(50)45(24-11-2)31-17-15-30(16-18-31)43(12-3)13-4/h10-11,15-22,28-29,33,35-37,47H,1-2,12-14,23-27H2,3-9H3/t29?,33-,35-,36+,37?,41+,42?/m1/s1. The largest absolute Gasteiger partial charge is 0.494 e. The van der Waals surface area contributed by atoms with E-state index in [1.165, 1.54) is 0 Å². The van der Waals surface area contributed by atoms with Crippen LogP contribution >= 0.6 is 0 Å². The van der Waals surface area contributed by atoms with Crippen LogP contribution in [0.1, 0.15) is 61.3 Å². The van der Waals surface area contributed by atoms with E-state index in [2.05, 4.69) is 31.9 Å². The molecule has 10 heteroatoms. The zero-order valence-corrected chi connectivity index (χ0v) is 32.1. The van der Waals surface area contributed by atoms with Gasteiger partial charge in [0.05, 0.1) is 36.7 Å². The third kappa shape index (κ3) is 6.64. The summed E-state index contributed by atoms with van der Waals surface area (Å²) in [5.74, 6) is -2.03. The molecule has 282 valence electrons. The second-order valence-electron chi connectivity index (χ2n) is 15.0. The molecule has 3 saturated heterocycles. The Labute approximate surface area is 310 Å². The van der Waals surface area contributed by atoms with Crippen molar-refractivity contribution in [3.8, 4) is 5.75 Å². The molecule has 2 aromatic rings. The fourth-order valence-electron chi connectivity index (χ4n) is 9.09. The van der Waals surface area contributed by atoms with Crippen LogP contribution in [0.5, 0.6) is 5.75 Å². The van der Waals surface area contributed by atoms with Crippen LogP contribution in [0.3, 0.4) is 0 Å². The van der Waals surface area contributed by atoms with Gasteiger partial charge in [0.25, 0.3) is 5.91 Å². The van der Waals surface area contributed by atoms with Gasteiger partial charge in [-0.05, 0) is 101 Å². The van der Waals surface area contributed by atoms with Crippen LogP contribution in [0.2, 0.25) is 0 Å². The lowest BCUT2D eigenvalue weighted by Crippen LogP contribution is -2.59. The van der Waals surface area contributed by atoms with E-state index in [4.69, 9.17) is 9.47 Å². The molecule has 3 heterocycles. The summed E-state index contributed by atoms with van der Waals surface area (Å²) < 4.78 is 12.7. The van der Waals surface area contributed by atoms with Gasteiger partial charge in [-0.25, -0.2) is 0 Å². The molecule has 0 aromatic heterocycles. The highest BCUT2D eigenvalue weighted by atomic mass is 16.5. The molecule has 3 aliphatic heterocycles. The summed E-state index contributed by atoms with van der Waals surface area (Å²) >= 11 is 0. The summed E-state index contributed by atoms with van der Waals surface area (Å²) in [5, 5.41) is 10.8. The quantitative estimate of drug-likeness (QED) is 0.198. The van der Waals surface area contributed by atoms with Gasteiger partial charge in [0.1, 0.15) is 17.4 Å². The van der Waals surface area contributed by atoms with E-state index in [-0.39, 0.29) is 49.3 Å². The van der Waals surface area contributed by atoms with Crippen molar-refractivity contribution < 1.29 is 29.0 Å². The molecule has 2 bridgehead atoms. The van der Waals surface area contributed by atoms with Crippen molar-refractivity contribution in [1.29, 1.82) is 0 Å². The molecule has 1 N–H and O–H groups in total. The van der Waals surface area contributed by atoms with Crippen LogP contribution < -0.4 is 19.4 Å². The molecule has 0 aliphatic carbocycles. The molecule has 3 fully saturated rings. The number of carbonyl (C=O) groups is 3. The molecule has 5 rings (SSSR count). The predicted molar refractivity (Wildman–Crippen MR) is 207 cm³/mol. The van der Waals surface area contributed by atoms with Gasteiger partial charge in [-0.15, -0.1) is 13.2 Å². The Bertz CT molecular complexity index is 1610. The summed E-state index contributed by atoms with van der Waals surface area (Å²) in [7, 11) is 0. The van der Waals surface area contributed by atoms with Crippen molar-refractivity contribution in [2.45, 2.75) is 84.6 Å². The molecule has 3 aliphatic rings. The second-order valence-corrected chi connectivity index (χ2v) is 15.0. The van der Waals surface area contributed by atoms with Gasteiger partial charge < -0.3 is 34.2 Å². The number of hydrogen-bond donors (Lipinski definition) is 1. The normalized spacial score (nSPS) is 26.6. The molecule has 0 radical (unpaired) electrons. The molecule has 2 aromatic carbocycles. The van der Waals surface area contributed by atoms with E-state index in [1.807, 2.05) is 83.1 Å². The molecule has 3 unspecified atom stereocenters. The number of ether oxygens (including phenoxy) is 2. The number of carbonyl (C=O) groups excluding carboxylic acids is 3. The van der Waals surface area contributed by atoms with Gasteiger partial charge in [0.2, 0.25) is 11.8 Å². The number of fused-ring (bicyclic) bond motifs is 1. The Morgan fingerprint density at radius 1 is 0.962 bits per heavy atom. The topological polar surface area (TPSA) is 103 Å². The number of anilines is 3. The Hall–Kier alpha value is -4.15. The van der Waals surface area contributed by atoms with Crippen LogP contribution in [0.15, 0.2) is 73.8 Å². The Balaban J connectivity index is 1.62. The highest BCUT2D eigenvalue weighted by Gasteiger charge is 2.80. The smallest absolute Gasteiger partial charge is 0.253 e. The van der Waals surface area contributed by atoms with E-state index in [1.54, 1.807) is 26.9 Å². The Morgan fingerprint density at radius 2 is 1.50 bits per heavy atom. The van der Waals surface area contributed by atoms with Gasteiger partial charge in [0.15, 0.2) is 0 Å². The fraction of sp³-hybridized carbons (Fsp3) is 0.548. The number of likely N-dealkylation sites (tertiary alicyclic amines) is 1. The minimum atomic E-state index is -1.29. The first-order valence-corrected chi connectivity index (χ1v) is 18.9. The number of benzene rings is 2. The third-order valence-electron chi connectivity index (χ3n) is 11.5. The van der Waals surface area contributed by atoms with E-state index in [0.717, 1.165) is 18.8 Å². The van der Waals surface area contributed by atoms with Crippen molar-refractivity contribution in [3.05, 3.63) is 73.8 Å². The number of nitrogens with zero attached hydrogens (tertiary/aromatic N) is 4. The summed E-state index contributed by atoms with van der Waals surface area (Å²) in [6.07, 6.45) is 4.25. The number of aliphatic hydroxyl groups is 1. The minimum Gasteiger partial charge on any atom is -0.494 e. The number of hydrogen-bond acceptors (Lipinski definition) is 7. The van der Waals surface area contributed by atoms with Crippen LogP contribution in [0.25, 0.3) is 0 Å². The van der Waals surface area contributed by atoms with E-state index in [0.29, 0.717) is 36.6 Å². The van der Waals surface area contributed by atoms with Gasteiger partial charge >= 0.3 is 0 Å². The molecule has 52 heavy (non-hydrogen) atoms. The average Bonchev–Trinajstić information content (AvgIpc) is 3.65. The number of rotatable bonds is 17. The van der Waals surface area contributed by atoms with Gasteiger partial charge in [0, 0.05) is 43.2 Å². The molecule has 10 nitrogen and oxygen atoms in total. The lowest BCUT2D eigenvalue weighted by Gasteiger charge is -2.40. The van der Waals surface area contributed by atoms with Crippen molar-refractivity contribution in [2.24, 2.45) is 23.7 Å². The maximum absolute atomic E-state index is 15.3. The Kier molecular flexibility index (Phi) is 11.9. The van der Waals surface area contributed by atoms with E-state index < -0.39 is 35.1 Å². The second kappa shape index (κ2) is 15.8. The molecule has 7 atom stereocenters. The summed E-state index contributed by atoms with van der Waals surface area (Å²) in [4.78, 5) is 52.5. The van der Waals surface area contributed by atoms with Crippen molar-refractivity contribution in [3.63, 3.8) is 0 Å². The summed E-state index contributed by atoms with van der Waals surface area (Å²) in [6, 6.07) is 13.5. The lowest BCUT2D eigenvalue weighted by molar-refractivity contribution is -0.149.